The number of aromatic nitrogens is 1. The highest BCUT2D eigenvalue weighted by Gasteiger charge is 2.17. The van der Waals surface area contributed by atoms with Crippen LogP contribution in [-0.4, -0.2) is 17.0 Å². The molecular weight excluding hydrogens is 356 g/mol. The number of amides is 1. The fourth-order valence-corrected chi connectivity index (χ4v) is 4.17. The Kier molecular flexibility index (Phi) is 5.49. The molecule has 1 amide bonds. The summed E-state index contributed by atoms with van der Waals surface area (Å²) in [5.41, 5.74) is 1.96. The van der Waals surface area contributed by atoms with Crippen LogP contribution in [-0.2, 0) is 11.3 Å². The van der Waals surface area contributed by atoms with Gasteiger partial charge in [0.25, 0.3) is 0 Å². The number of fused-ring (bicyclic) bond motifs is 1. The predicted molar refractivity (Wildman–Crippen MR) is 110 cm³/mol. The van der Waals surface area contributed by atoms with Crippen molar-refractivity contribution < 1.29 is 9.53 Å². The molecule has 5 heteroatoms. The summed E-state index contributed by atoms with van der Waals surface area (Å²) in [7, 11) is 0. The number of nitrogens with one attached hydrogen (secondary N) is 1. The number of carbonyl (C=O) groups excluding carboxylic acids is 1. The minimum absolute atomic E-state index is 0.134. The van der Waals surface area contributed by atoms with Gasteiger partial charge in [-0.3, -0.25) is 4.79 Å². The molecule has 0 radical (unpaired) electrons. The Bertz CT molecular complexity index is 925. The average Bonchev–Trinajstić information content (AvgIpc) is 3.34. The lowest BCUT2D eigenvalue weighted by Gasteiger charge is -2.16. The zero-order chi connectivity index (χ0) is 18.5. The van der Waals surface area contributed by atoms with Crippen molar-refractivity contribution in [2.75, 3.05) is 0 Å². The van der Waals surface area contributed by atoms with Crippen LogP contribution in [0.2, 0.25) is 0 Å². The van der Waals surface area contributed by atoms with Gasteiger partial charge in [0.1, 0.15) is 10.8 Å². The van der Waals surface area contributed by atoms with E-state index < -0.39 is 0 Å². The third-order valence-corrected chi connectivity index (χ3v) is 5.71. The third kappa shape index (κ3) is 4.55. The van der Waals surface area contributed by atoms with E-state index in [2.05, 4.69) is 10.3 Å². The highest BCUT2D eigenvalue weighted by atomic mass is 32.1. The second kappa shape index (κ2) is 8.35. The Hall–Kier alpha value is -2.66. The van der Waals surface area contributed by atoms with E-state index in [0.717, 1.165) is 39.4 Å². The first-order valence-corrected chi connectivity index (χ1v) is 10.2. The fraction of sp³-hybridized carbons (Fsp3) is 0.273. The van der Waals surface area contributed by atoms with Gasteiger partial charge in [-0.1, -0.05) is 30.3 Å². The summed E-state index contributed by atoms with van der Waals surface area (Å²) >= 11 is 1.58. The number of hydrogen-bond donors (Lipinski definition) is 1. The van der Waals surface area contributed by atoms with E-state index in [9.17, 15) is 4.79 Å². The lowest BCUT2D eigenvalue weighted by Crippen LogP contribution is -2.21. The summed E-state index contributed by atoms with van der Waals surface area (Å²) in [6.07, 6.45) is 8.32. The smallest absolute Gasteiger partial charge is 0.244 e. The van der Waals surface area contributed by atoms with E-state index >= 15 is 0 Å². The number of para-hydroxylation sites is 2. The van der Waals surface area contributed by atoms with Crippen LogP contribution in [0.4, 0.5) is 0 Å². The Morgan fingerprint density at radius 2 is 1.93 bits per heavy atom. The normalized spacial score (nSPS) is 14.8. The average molecular weight is 378 g/mol. The van der Waals surface area contributed by atoms with Gasteiger partial charge in [-0.2, -0.15) is 0 Å². The van der Waals surface area contributed by atoms with Gasteiger partial charge in [0.05, 0.1) is 16.3 Å². The summed E-state index contributed by atoms with van der Waals surface area (Å²) in [5.74, 6) is 0.741. The van der Waals surface area contributed by atoms with Gasteiger partial charge in [0.2, 0.25) is 5.91 Å². The molecule has 1 saturated carbocycles. The highest BCUT2D eigenvalue weighted by molar-refractivity contribution is 7.19. The molecule has 1 aliphatic carbocycles. The van der Waals surface area contributed by atoms with E-state index in [-0.39, 0.29) is 5.91 Å². The van der Waals surface area contributed by atoms with Crippen LogP contribution in [0, 0.1) is 0 Å². The molecule has 2 aromatic carbocycles. The van der Waals surface area contributed by atoms with Gasteiger partial charge >= 0.3 is 0 Å². The Labute approximate surface area is 162 Å². The molecule has 3 aromatic rings. The van der Waals surface area contributed by atoms with E-state index in [0.29, 0.717) is 12.6 Å². The first-order valence-electron chi connectivity index (χ1n) is 9.34. The van der Waals surface area contributed by atoms with Crippen molar-refractivity contribution in [3.63, 3.8) is 0 Å². The van der Waals surface area contributed by atoms with Gasteiger partial charge in [-0.25, -0.2) is 4.98 Å². The van der Waals surface area contributed by atoms with Crippen LogP contribution in [0.25, 0.3) is 16.3 Å². The number of ether oxygens (including phenoxy) is 1. The molecule has 0 atom stereocenters. The van der Waals surface area contributed by atoms with Gasteiger partial charge in [-0.05, 0) is 50.0 Å². The number of thiazole rings is 1. The number of benzene rings is 2. The van der Waals surface area contributed by atoms with Crippen molar-refractivity contribution in [2.45, 2.75) is 38.3 Å². The molecule has 0 spiro atoms. The van der Waals surface area contributed by atoms with E-state index in [4.69, 9.17) is 4.74 Å². The Balaban J connectivity index is 1.36. The van der Waals surface area contributed by atoms with Crippen molar-refractivity contribution >= 4 is 33.5 Å². The molecule has 138 valence electrons. The maximum Gasteiger partial charge on any atom is 0.244 e. The van der Waals surface area contributed by atoms with Crippen LogP contribution < -0.4 is 10.1 Å². The van der Waals surface area contributed by atoms with Gasteiger partial charge in [-0.15, -0.1) is 11.3 Å². The third-order valence-electron chi connectivity index (χ3n) is 4.71. The maximum absolute atomic E-state index is 12.2. The summed E-state index contributed by atoms with van der Waals surface area (Å²) in [6, 6.07) is 15.9. The highest BCUT2D eigenvalue weighted by Crippen LogP contribution is 2.26. The molecule has 0 unspecified atom stereocenters. The second-order valence-corrected chi connectivity index (χ2v) is 7.77. The molecule has 1 aromatic heterocycles. The molecular formula is C22H22N2O2S. The predicted octanol–water partition coefficient (Wildman–Crippen LogP) is 4.95. The minimum atomic E-state index is -0.134. The van der Waals surface area contributed by atoms with E-state index in [1.165, 1.54) is 18.9 Å². The number of nitrogens with zero attached hydrogens (tertiary/aromatic N) is 1. The van der Waals surface area contributed by atoms with Crippen molar-refractivity contribution in [1.29, 1.82) is 0 Å². The van der Waals surface area contributed by atoms with Crippen LogP contribution in [0.15, 0.2) is 54.6 Å². The van der Waals surface area contributed by atoms with Crippen LogP contribution in [0.1, 0.15) is 36.3 Å². The molecule has 0 saturated heterocycles. The summed E-state index contributed by atoms with van der Waals surface area (Å²) in [6.45, 7) is 0.450. The van der Waals surface area contributed by atoms with Crippen molar-refractivity contribution in [1.82, 2.24) is 10.3 Å². The molecule has 0 bridgehead atoms. The summed E-state index contributed by atoms with van der Waals surface area (Å²) in [4.78, 5) is 16.7. The van der Waals surface area contributed by atoms with Crippen molar-refractivity contribution in [3.05, 3.63) is 65.2 Å². The summed E-state index contributed by atoms with van der Waals surface area (Å²) in [5, 5.41) is 3.77. The molecule has 4 nitrogen and oxygen atoms in total. The van der Waals surface area contributed by atoms with Gasteiger partial charge in [0, 0.05) is 18.2 Å². The monoisotopic (exact) mass is 378 g/mol. The largest absolute Gasteiger partial charge is 0.490 e. The topological polar surface area (TPSA) is 51.2 Å². The van der Waals surface area contributed by atoms with Crippen molar-refractivity contribution in [3.8, 4) is 5.75 Å². The molecule has 1 aliphatic rings. The van der Waals surface area contributed by atoms with E-state index in [1.54, 1.807) is 17.4 Å². The van der Waals surface area contributed by atoms with Gasteiger partial charge in [0.15, 0.2) is 0 Å². The van der Waals surface area contributed by atoms with Crippen molar-refractivity contribution in [2.24, 2.45) is 0 Å². The van der Waals surface area contributed by atoms with E-state index in [1.807, 2.05) is 48.5 Å². The number of rotatable bonds is 6. The number of hydrogen-bond acceptors (Lipinski definition) is 4. The zero-order valence-electron chi connectivity index (χ0n) is 15.1. The molecule has 1 heterocycles. The molecule has 1 fully saturated rings. The molecule has 0 aliphatic heterocycles. The maximum atomic E-state index is 12.2. The van der Waals surface area contributed by atoms with Crippen LogP contribution in [0.3, 0.4) is 0 Å². The fourth-order valence-electron chi connectivity index (χ4n) is 3.30. The molecule has 4 rings (SSSR count). The van der Waals surface area contributed by atoms with Crippen LogP contribution >= 0.6 is 11.3 Å². The minimum Gasteiger partial charge on any atom is -0.490 e. The molecule has 27 heavy (non-hydrogen) atoms. The number of carbonyl (C=O) groups is 1. The lowest BCUT2D eigenvalue weighted by atomic mass is 10.2. The standard InChI is InChI=1S/C22H22N2O2S/c25-21(13-14-22-24-18-10-4-6-12-20(18)27-22)23-15-16-7-1-5-11-19(16)26-17-8-2-3-9-17/h1,4-7,10-14,17H,2-3,8-9,15H2,(H,23,25)/b14-13+. The first kappa shape index (κ1) is 17.7. The van der Waals surface area contributed by atoms with Crippen LogP contribution in [0.5, 0.6) is 5.75 Å². The lowest BCUT2D eigenvalue weighted by molar-refractivity contribution is -0.116. The second-order valence-electron chi connectivity index (χ2n) is 6.70. The first-order chi connectivity index (χ1) is 13.3. The summed E-state index contributed by atoms with van der Waals surface area (Å²) < 4.78 is 7.24. The Morgan fingerprint density at radius 1 is 1.15 bits per heavy atom. The zero-order valence-corrected chi connectivity index (χ0v) is 15.9. The molecule has 1 N–H and O–H groups in total. The Morgan fingerprint density at radius 3 is 2.78 bits per heavy atom. The van der Waals surface area contributed by atoms with Gasteiger partial charge < -0.3 is 10.1 Å². The quantitative estimate of drug-likeness (QED) is 0.618. The SMILES string of the molecule is O=C(/C=C/c1nc2ccccc2s1)NCc1ccccc1OC1CCCC1.